The lowest BCUT2D eigenvalue weighted by molar-refractivity contribution is 0.0729. The van der Waals surface area contributed by atoms with E-state index in [1.54, 1.807) is 7.05 Å². The number of nitrogens with zero attached hydrogens (tertiary/aromatic N) is 2. The molecule has 146 valence electrons. The second-order valence-corrected chi connectivity index (χ2v) is 8.35. The third-order valence-electron chi connectivity index (χ3n) is 4.41. The Bertz CT molecular complexity index is 716. The van der Waals surface area contributed by atoms with Gasteiger partial charge in [0.25, 0.3) is 0 Å². The summed E-state index contributed by atoms with van der Waals surface area (Å²) in [5.74, 6) is 0.771. The Morgan fingerprint density at radius 1 is 1.23 bits per heavy atom. The van der Waals surface area contributed by atoms with Gasteiger partial charge in [0.05, 0.1) is 19.0 Å². The summed E-state index contributed by atoms with van der Waals surface area (Å²) in [4.78, 5) is 4.22. The van der Waals surface area contributed by atoms with Crippen molar-refractivity contribution in [3.05, 3.63) is 35.4 Å². The van der Waals surface area contributed by atoms with Gasteiger partial charge < -0.3 is 15.4 Å². The maximum atomic E-state index is 12.7. The summed E-state index contributed by atoms with van der Waals surface area (Å²) in [6.07, 6.45) is 2.35. The summed E-state index contributed by atoms with van der Waals surface area (Å²) in [5, 5.41) is 6.60. The lowest BCUT2D eigenvalue weighted by atomic mass is 10.1. The first kappa shape index (κ1) is 21.4. The van der Waals surface area contributed by atoms with Gasteiger partial charge in [-0.1, -0.05) is 24.3 Å². The lowest BCUT2D eigenvalue weighted by Crippen LogP contribution is -2.41. The van der Waals surface area contributed by atoms with Gasteiger partial charge in [-0.3, -0.25) is 4.99 Å². The van der Waals surface area contributed by atoms with Gasteiger partial charge in [0.2, 0.25) is 10.0 Å². The molecule has 2 aliphatic rings. The number of hydrogen-bond donors (Lipinski definition) is 2. The highest BCUT2D eigenvalue weighted by atomic mass is 127. The van der Waals surface area contributed by atoms with Crippen molar-refractivity contribution in [1.82, 2.24) is 14.9 Å². The maximum Gasteiger partial charge on any atom is 0.218 e. The molecule has 7 nitrogen and oxygen atoms in total. The van der Waals surface area contributed by atoms with E-state index in [0.717, 1.165) is 17.1 Å². The molecule has 2 N–H and O–H groups in total. The van der Waals surface area contributed by atoms with E-state index in [1.807, 2.05) is 24.3 Å². The first-order valence-corrected chi connectivity index (χ1v) is 10.3. The fourth-order valence-corrected chi connectivity index (χ4v) is 4.34. The van der Waals surface area contributed by atoms with Crippen molar-refractivity contribution in [2.75, 3.05) is 33.4 Å². The van der Waals surface area contributed by atoms with Crippen molar-refractivity contribution in [2.24, 2.45) is 4.99 Å². The van der Waals surface area contributed by atoms with Crippen LogP contribution in [0.1, 0.15) is 24.0 Å². The highest BCUT2D eigenvalue weighted by Gasteiger charge is 2.25. The minimum atomic E-state index is -3.33. The second kappa shape index (κ2) is 9.86. The van der Waals surface area contributed by atoms with Crippen LogP contribution in [0.3, 0.4) is 0 Å². The van der Waals surface area contributed by atoms with Crippen LogP contribution in [0, 0.1) is 0 Å². The number of guanidine groups is 1. The van der Waals surface area contributed by atoms with Crippen LogP contribution in [0.2, 0.25) is 0 Å². The molecular weight excluding hydrogens is 467 g/mol. The zero-order valence-corrected chi connectivity index (χ0v) is 18.1. The van der Waals surface area contributed by atoms with Crippen LogP contribution in [-0.2, 0) is 27.1 Å². The molecule has 0 spiro atoms. The molecule has 1 aliphatic heterocycles. The summed E-state index contributed by atoms with van der Waals surface area (Å²) in [7, 11) is -1.59. The molecule has 0 aromatic heterocycles. The third kappa shape index (κ3) is 6.07. The summed E-state index contributed by atoms with van der Waals surface area (Å²) < 4.78 is 32.1. The summed E-state index contributed by atoms with van der Waals surface area (Å²) >= 11 is 0. The zero-order chi connectivity index (χ0) is 17.7. The van der Waals surface area contributed by atoms with Crippen molar-refractivity contribution in [3.8, 4) is 0 Å². The number of halogens is 1. The minimum Gasteiger partial charge on any atom is -0.379 e. The van der Waals surface area contributed by atoms with Gasteiger partial charge >= 0.3 is 0 Å². The molecular formula is C17H27IN4O3S. The number of nitrogens with one attached hydrogen (secondary N) is 2. The molecule has 1 saturated heterocycles. The van der Waals surface area contributed by atoms with Gasteiger partial charge in [-0.05, 0) is 24.0 Å². The van der Waals surface area contributed by atoms with E-state index < -0.39 is 10.0 Å². The standard InChI is InChI=1S/C17H26N4O3S.HI/c1-18-17(20-16-6-7-16)19-12-14-4-2-3-5-15(14)13-25(22,23)21-8-10-24-11-9-21;/h2-5,16H,6-13H2,1H3,(H2,18,19,20);1H. The van der Waals surface area contributed by atoms with E-state index in [1.165, 1.54) is 17.1 Å². The van der Waals surface area contributed by atoms with E-state index in [2.05, 4.69) is 15.6 Å². The van der Waals surface area contributed by atoms with Crippen LogP contribution < -0.4 is 10.6 Å². The van der Waals surface area contributed by atoms with Crippen LogP contribution in [0.5, 0.6) is 0 Å². The van der Waals surface area contributed by atoms with Crippen molar-refractivity contribution < 1.29 is 13.2 Å². The molecule has 1 aliphatic carbocycles. The quantitative estimate of drug-likeness (QED) is 0.354. The average Bonchev–Trinajstić information content (AvgIpc) is 3.44. The lowest BCUT2D eigenvalue weighted by Gasteiger charge is -2.26. The topological polar surface area (TPSA) is 83.0 Å². The molecule has 0 radical (unpaired) electrons. The highest BCUT2D eigenvalue weighted by molar-refractivity contribution is 14.0. The SMILES string of the molecule is CN=C(NCc1ccccc1CS(=O)(=O)N1CCOCC1)NC1CC1.I. The molecule has 2 fully saturated rings. The Kier molecular flexibility index (Phi) is 8.11. The fraction of sp³-hybridized carbons (Fsp3) is 0.588. The molecule has 0 unspecified atom stereocenters. The number of morpholine rings is 1. The number of sulfonamides is 1. The smallest absolute Gasteiger partial charge is 0.218 e. The van der Waals surface area contributed by atoms with Gasteiger partial charge in [0, 0.05) is 32.7 Å². The van der Waals surface area contributed by atoms with Crippen LogP contribution in [0.4, 0.5) is 0 Å². The Morgan fingerprint density at radius 2 is 1.88 bits per heavy atom. The highest BCUT2D eigenvalue weighted by Crippen LogP contribution is 2.19. The van der Waals surface area contributed by atoms with Crippen molar-refractivity contribution in [3.63, 3.8) is 0 Å². The molecule has 1 heterocycles. The van der Waals surface area contributed by atoms with Crippen molar-refractivity contribution in [2.45, 2.75) is 31.2 Å². The Balaban J connectivity index is 0.00000243. The molecule has 3 rings (SSSR count). The van der Waals surface area contributed by atoms with Crippen LogP contribution in [0.15, 0.2) is 29.3 Å². The third-order valence-corrected chi connectivity index (χ3v) is 6.24. The van der Waals surface area contributed by atoms with Gasteiger partial charge in [-0.2, -0.15) is 4.31 Å². The molecule has 1 saturated carbocycles. The number of benzene rings is 1. The zero-order valence-electron chi connectivity index (χ0n) is 15.0. The summed E-state index contributed by atoms with van der Waals surface area (Å²) in [5.41, 5.74) is 1.79. The van der Waals surface area contributed by atoms with E-state index >= 15 is 0 Å². The normalized spacial score (nSPS) is 18.9. The number of aliphatic imine (C=N–C) groups is 1. The van der Waals surface area contributed by atoms with Gasteiger partial charge in [-0.25, -0.2) is 8.42 Å². The molecule has 0 bridgehead atoms. The monoisotopic (exact) mass is 494 g/mol. The molecule has 0 amide bonds. The van der Waals surface area contributed by atoms with E-state index in [-0.39, 0.29) is 29.7 Å². The summed E-state index contributed by atoms with van der Waals surface area (Å²) in [6, 6.07) is 8.17. The molecule has 26 heavy (non-hydrogen) atoms. The van der Waals surface area contributed by atoms with E-state index in [0.29, 0.717) is 38.9 Å². The Labute approximate surface area is 172 Å². The molecule has 1 aromatic rings. The van der Waals surface area contributed by atoms with Gasteiger partial charge in [-0.15, -0.1) is 24.0 Å². The predicted octanol–water partition coefficient (Wildman–Crippen LogP) is 1.29. The fourth-order valence-electron chi connectivity index (χ4n) is 2.78. The minimum absolute atomic E-state index is 0. The first-order valence-electron chi connectivity index (χ1n) is 8.68. The van der Waals surface area contributed by atoms with Crippen LogP contribution >= 0.6 is 24.0 Å². The van der Waals surface area contributed by atoms with Crippen molar-refractivity contribution in [1.29, 1.82) is 0 Å². The molecule has 0 atom stereocenters. The van der Waals surface area contributed by atoms with Crippen molar-refractivity contribution >= 4 is 40.0 Å². The van der Waals surface area contributed by atoms with Gasteiger partial charge in [0.15, 0.2) is 5.96 Å². The average molecular weight is 494 g/mol. The summed E-state index contributed by atoms with van der Waals surface area (Å²) in [6.45, 7) is 2.33. The number of ether oxygens (including phenoxy) is 1. The maximum absolute atomic E-state index is 12.7. The Morgan fingerprint density at radius 3 is 2.50 bits per heavy atom. The molecule has 9 heteroatoms. The first-order chi connectivity index (χ1) is 12.1. The van der Waals surface area contributed by atoms with Crippen LogP contribution in [-0.4, -0.2) is 58.1 Å². The Hall–Kier alpha value is -0.910. The van der Waals surface area contributed by atoms with Gasteiger partial charge in [0.1, 0.15) is 0 Å². The second-order valence-electron chi connectivity index (χ2n) is 6.38. The van der Waals surface area contributed by atoms with E-state index in [9.17, 15) is 8.42 Å². The molecule has 1 aromatic carbocycles. The predicted molar refractivity (Wildman–Crippen MR) is 113 cm³/mol. The van der Waals surface area contributed by atoms with Crippen LogP contribution in [0.25, 0.3) is 0 Å². The largest absolute Gasteiger partial charge is 0.379 e. The number of rotatable bonds is 6. The number of hydrogen-bond acceptors (Lipinski definition) is 4. The van der Waals surface area contributed by atoms with E-state index in [4.69, 9.17) is 4.74 Å².